The highest BCUT2D eigenvalue weighted by Crippen LogP contribution is 2.19. The minimum Gasteiger partial charge on any atom is -0.340 e. The molecule has 0 spiro atoms. The lowest BCUT2D eigenvalue weighted by Crippen LogP contribution is -2.48. The van der Waals surface area contributed by atoms with Crippen LogP contribution >= 0.6 is 0 Å². The Morgan fingerprint density at radius 2 is 1.38 bits per heavy atom. The van der Waals surface area contributed by atoms with Crippen LogP contribution in [-0.2, 0) is 22.6 Å². The number of piperazine rings is 1. The SMILES string of the molecule is CN1CCN(C(=O)CC(=O)N2CCc3ccccc3C2)CC1.Fc1ccccc1. The van der Waals surface area contributed by atoms with E-state index in [0.29, 0.717) is 13.1 Å². The van der Waals surface area contributed by atoms with Crippen LogP contribution in [-0.4, -0.2) is 66.3 Å². The van der Waals surface area contributed by atoms with E-state index in [1.807, 2.05) is 21.9 Å². The third kappa shape index (κ3) is 6.12. The Morgan fingerprint density at radius 1 is 0.793 bits per heavy atom. The molecule has 154 valence electrons. The third-order valence-electron chi connectivity index (χ3n) is 5.37. The maximum Gasteiger partial charge on any atom is 0.232 e. The lowest BCUT2D eigenvalue weighted by Gasteiger charge is -2.33. The Hall–Kier alpha value is -2.73. The van der Waals surface area contributed by atoms with Crippen LogP contribution in [0.2, 0.25) is 0 Å². The van der Waals surface area contributed by atoms with E-state index in [2.05, 4.69) is 24.1 Å². The standard InChI is InChI=1S/C17H23N3O2.C6H5F/c1-18-8-10-19(11-9-18)16(21)12-17(22)20-7-6-14-4-2-3-5-15(14)13-20;7-6-4-2-1-3-5-6/h2-5H,6-13H2,1H3;1-5H. The zero-order chi connectivity index (χ0) is 20.6. The highest BCUT2D eigenvalue weighted by atomic mass is 19.1. The molecule has 0 radical (unpaired) electrons. The molecule has 29 heavy (non-hydrogen) atoms. The van der Waals surface area contributed by atoms with Crippen molar-refractivity contribution in [2.45, 2.75) is 19.4 Å². The highest BCUT2D eigenvalue weighted by molar-refractivity contribution is 5.97. The molecule has 0 N–H and O–H groups in total. The number of hydrogen-bond donors (Lipinski definition) is 0. The molecule has 0 bridgehead atoms. The number of hydrogen-bond acceptors (Lipinski definition) is 3. The topological polar surface area (TPSA) is 43.9 Å². The zero-order valence-electron chi connectivity index (χ0n) is 16.9. The van der Waals surface area contributed by atoms with Gasteiger partial charge in [0.15, 0.2) is 0 Å². The Kier molecular flexibility index (Phi) is 7.36. The summed E-state index contributed by atoms with van der Waals surface area (Å²) in [4.78, 5) is 30.5. The van der Waals surface area contributed by atoms with Crippen molar-refractivity contribution in [1.29, 1.82) is 0 Å². The minimum absolute atomic E-state index is 0.00583. The van der Waals surface area contributed by atoms with E-state index < -0.39 is 0 Å². The van der Waals surface area contributed by atoms with Crippen LogP contribution < -0.4 is 0 Å². The summed E-state index contributed by atoms with van der Waals surface area (Å²) in [6.07, 6.45) is 0.885. The van der Waals surface area contributed by atoms with Crippen LogP contribution in [0.4, 0.5) is 4.39 Å². The Balaban J connectivity index is 0.000000290. The molecule has 0 aliphatic carbocycles. The van der Waals surface area contributed by atoms with Gasteiger partial charge in [0.05, 0.1) is 0 Å². The Morgan fingerprint density at radius 3 is 2.00 bits per heavy atom. The average molecular weight is 397 g/mol. The number of rotatable bonds is 2. The second kappa shape index (κ2) is 10.2. The summed E-state index contributed by atoms with van der Waals surface area (Å²) in [5.41, 5.74) is 2.52. The molecule has 2 aromatic rings. The van der Waals surface area contributed by atoms with E-state index in [0.717, 1.165) is 32.6 Å². The van der Waals surface area contributed by atoms with Crippen LogP contribution in [0.3, 0.4) is 0 Å². The van der Waals surface area contributed by atoms with Crippen LogP contribution in [0.1, 0.15) is 17.5 Å². The number of halogens is 1. The first-order valence-corrected chi connectivity index (χ1v) is 10.0. The number of likely N-dealkylation sites (N-methyl/N-ethyl adjacent to an activating group) is 1. The first-order valence-electron chi connectivity index (χ1n) is 10.0. The van der Waals surface area contributed by atoms with E-state index in [9.17, 15) is 14.0 Å². The van der Waals surface area contributed by atoms with Gasteiger partial charge >= 0.3 is 0 Å². The molecular weight excluding hydrogens is 369 g/mol. The minimum atomic E-state index is -0.178. The fraction of sp³-hybridized carbons (Fsp3) is 0.391. The Labute approximate surface area is 171 Å². The van der Waals surface area contributed by atoms with Crippen molar-refractivity contribution < 1.29 is 14.0 Å². The predicted octanol–water partition coefficient (Wildman–Crippen LogP) is 2.56. The molecular formula is C23H28FN3O2. The molecule has 0 atom stereocenters. The van der Waals surface area contributed by atoms with Crippen molar-refractivity contribution in [3.63, 3.8) is 0 Å². The van der Waals surface area contributed by atoms with Gasteiger partial charge in [-0.25, -0.2) is 4.39 Å². The molecule has 6 heteroatoms. The summed E-state index contributed by atoms with van der Waals surface area (Å²) in [6.45, 7) is 4.57. The lowest BCUT2D eigenvalue weighted by molar-refractivity contribution is -0.142. The number of benzene rings is 2. The van der Waals surface area contributed by atoms with Crippen molar-refractivity contribution in [2.24, 2.45) is 0 Å². The first-order chi connectivity index (χ1) is 14.0. The van der Waals surface area contributed by atoms with E-state index in [-0.39, 0.29) is 24.1 Å². The molecule has 5 nitrogen and oxygen atoms in total. The van der Waals surface area contributed by atoms with Crippen LogP contribution in [0.25, 0.3) is 0 Å². The van der Waals surface area contributed by atoms with Crippen molar-refractivity contribution in [3.8, 4) is 0 Å². The fourth-order valence-corrected chi connectivity index (χ4v) is 3.53. The zero-order valence-corrected chi connectivity index (χ0v) is 16.9. The summed E-state index contributed by atoms with van der Waals surface area (Å²) in [5, 5.41) is 0. The van der Waals surface area contributed by atoms with Crippen LogP contribution in [0.5, 0.6) is 0 Å². The number of amides is 2. The molecule has 2 aliphatic rings. The molecule has 2 aliphatic heterocycles. The molecule has 2 heterocycles. The summed E-state index contributed by atoms with van der Waals surface area (Å²) >= 11 is 0. The van der Waals surface area contributed by atoms with Gasteiger partial charge in [0.2, 0.25) is 11.8 Å². The smallest absolute Gasteiger partial charge is 0.232 e. The third-order valence-corrected chi connectivity index (χ3v) is 5.37. The maximum absolute atomic E-state index is 12.4. The summed E-state index contributed by atoms with van der Waals surface area (Å²) < 4.78 is 11.9. The number of fused-ring (bicyclic) bond motifs is 1. The molecule has 1 fully saturated rings. The maximum atomic E-state index is 12.4. The van der Waals surface area contributed by atoms with Crippen molar-refractivity contribution in [3.05, 3.63) is 71.5 Å². The first kappa shape index (κ1) is 21.0. The summed E-state index contributed by atoms with van der Waals surface area (Å²) in [6, 6.07) is 16.2. The van der Waals surface area contributed by atoms with Gasteiger partial charge in [0, 0.05) is 39.3 Å². The fourth-order valence-electron chi connectivity index (χ4n) is 3.53. The second-order valence-electron chi connectivity index (χ2n) is 7.49. The quantitative estimate of drug-likeness (QED) is 0.732. The van der Waals surface area contributed by atoms with Gasteiger partial charge in [0.25, 0.3) is 0 Å². The van der Waals surface area contributed by atoms with Gasteiger partial charge in [-0.1, -0.05) is 42.5 Å². The highest BCUT2D eigenvalue weighted by Gasteiger charge is 2.25. The van der Waals surface area contributed by atoms with E-state index in [1.165, 1.54) is 23.3 Å². The second-order valence-corrected chi connectivity index (χ2v) is 7.49. The normalized spacial score (nSPS) is 16.5. The lowest BCUT2D eigenvalue weighted by atomic mass is 10.00. The monoisotopic (exact) mass is 397 g/mol. The van der Waals surface area contributed by atoms with Crippen molar-refractivity contribution in [1.82, 2.24) is 14.7 Å². The van der Waals surface area contributed by atoms with Crippen molar-refractivity contribution >= 4 is 11.8 Å². The van der Waals surface area contributed by atoms with Gasteiger partial charge in [-0.05, 0) is 36.7 Å². The molecule has 0 saturated carbocycles. The Bertz CT molecular complexity index is 820. The van der Waals surface area contributed by atoms with E-state index >= 15 is 0 Å². The van der Waals surface area contributed by atoms with Gasteiger partial charge in [-0.2, -0.15) is 0 Å². The van der Waals surface area contributed by atoms with Gasteiger partial charge in [0.1, 0.15) is 12.2 Å². The number of nitrogens with zero attached hydrogens (tertiary/aromatic N) is 3. The average Bonchev–Trinajstić information content (AvgIpc) is 2.75. The molecule has 0 unspecified atom stereocenters. The van der Waals surface area contributed by atoms with Gasteiger partial charge < -0.3 is 14.7 Å². The molecule has 4 rings (SSSR count). The largest absolute Gasteiger partial charge is 0.340 e. The van der Waals surface area contributed by atoms with E-state index in [1.54, 1.807) is 18.2 Å². The van der Waals surface area contributed by atoms with E-state index in [4.69, 9.17) is 0 Å². The summed E-state index contributed by atoms with van der Waals surface area (Å²) in [7, 11) is 2.05. The molecule has 2 aromatic carbocycles. The predicted molar refractivity (Wildman–Crippen MR) is 111 cm³/mol. The van der Waals surface area contributed by atoms with Crippen molar-refractivity contribution in [2.75, 3.05) is 39.8 Å². The molecule has 1 saturated heterocycles. The summed E-state index contributed by atoms with van der Waals surface area (Å²) in [5.74, 6) is -0.252. The van der Waals surface area contributed by atoms with Gasteiger partial charge in [-0.3, -0.25) is 9.59 Å². The van der Waals surface area contributed by atoms with Gasteiger partial charge in [-0.15, -0.1) is 0 Å². The van der Waals surface area contributed by atoms with Crippen LogP contribution in [0, 0.1) is 5.82 Å². The molecule has 2 amide bonds. The number of carbonyl (C=O) groups excluding carboxylic acids is 2. The molecule has 0 aromatic heterocycles. The van der Waals surface area contributed by atoms with Crippen LogP contribution in [0.15, 0.2) is 54.6 Å². The number of carbonyl (C=O) groups is 2.